The van der Waals surface area contributed by atoms with Crippen LogP contribution in [0.15, 0.2) is 0 Å². The average Bonchev–Trinajstić information content (AvgIpc) is 1.68. The maximum absolute atomic E-state index is 6.50. The highest BCUT2D eigenvalue weighted by Crippen LogP contribution is 2.08. The maximum atomic E-state index is 6.50. The van der Waals surface area contributed by atoms with E-state index in [0.29, 0.717) is 0 Å². The van der Waals surface area contributed by atoms with Crippen LogP contribution in [-0.4, -0.2) is 5.21 Å². The predicted molar refractivity (Wildman–Crippen MR) is 42.4 cm³/mol. The summed E-state index contributed by atoms with van der Waals surface area (Å²) < 4.78 is 0. The summed E-state index contributed by atoms with van der Waals surface area (Å²) in [5, 5.41) is 6.50. The van der Waals surface area contributed by atoms with E-state index in [9.17, 15) is 0 Å². The van der Waals surface area contributed by atoms with E-state index in [0.717, 1.165) is 11.8 Å². The molecule has 9 heavy (non-hydrogen) atoms. The number of hydrogen-bond donors (Lipinski definition) is 2. The third-order valence-corrected chi connectivity index (χ3v) is 0.943. The molecular weight excluding hydrogens is 114 g/mol. The fraction of sp³-hybridized carbons (Fsp3) is 1.00. The molecule has 0 aliphatic heterocycles. The van der Waals surface area contributed by atoms with Crippen molar-refractivity contribution < 1.29 is 6.63 Å². The van der Waals surface area contributed by atoms with Gasteiger partial charge in [-0.05, 0) is 18.3 Å². The minimum absolute atomic E-state index is 0. The van der Waals surface area contributed by atoms with Crippen molar-refractivity contribution >= 4 is 0 Å². The Morgan fingerprint density at radius 2 is 1.33 bits per heavy atom. The van der Waals surface area contributed by atoms with Crippen molar-refractivity contribution in [3.8, 4) is 0 Å². The highest BCUT2D eigenvalue weighted by atomic mass is 16.4. The van der Waals surface area contributed by atoms with E-state index < -0.39 is 0 Å². The van der Waals surface area contributed by atoms with Crippen LogP contribution in [0, 0.1) is 11.8 Å². The minimum Gasteiger partial charge on any atom is -0.320 e. The Morgan fingerprint density at radius 1 is 1.11 bits per heavy atom. The Hall–Kier alpha value is -0.0800. The molecule has 0 aliphatic carbocycles. The fourth-order valence-corrected chi connectivity index (χ4v) is 0.943. The van der Waals surface area contributed by atoms with Gasteiger partial charge in [-0.1, -0.05) is 27.7 Å². The Morgan fingerprint density at radius 3 is 1.33 bits per heavy atom. The van der Waals surface area contributed by atoms with E-state index in [4.69, 9.17) is 5.21 Å². The van der Waals surface area contributed by atoms with Gasteiger partial charge in [0.25, 0.3) is 0 Å². The Kier molecular flexibility index (Phi) is 10.3. The van der Waals surface area contributed by atoms with Crippen LogP contribution in [0.2, 0.25) is 0 Å². The second kappa shape index (κ2) is 7.92. The molecule has 0 aromatic heterocycles. The van der Waals surface area contributed by atoms with E-state index in [2.05, 4.69) is 33.6 Å². The monoisotopic (exact) mass is 135 g/mol. The van der Waals surface area contributed by atoms with E-state index in [1.165, 1.54) is 6.42 Å². The molecular formula is C7H21NO. The van der Waals surface area contributed by atoms with Crippen molar-refractivity contribution in [3.63, 3.8) is 0 Å². The van der Waals surface area contributed by atoms with Gasteiger partial charge >= 0.3 is 0 Å². The Balaban J connectivity index is -0.000000149. The Bertz CT molecular complexity index is 42.9. The van der Waals surface area contributed by atoms with Crippen molar-refractivity contribution in [2.24, 2.45) is 17.7 Å². The highest BCUT2D eigenvalue weighted by Gasteiger charge is 1.95. The van der Waals surface area contributed by atoms with Crippen LogP contribution in [0.3, 0.4) is 0 Å². The van der Waals surface area contributed by atoms with Crippen LogP contribution in [0.25, 0.3) is 0 Å². The van der Waals surface area contributed by atoms with Crippen molar-refractivity contribution in [2.75, 3.05) is 0 Å². The van der Waals surface area contributed by atoms with Gasteiger partial charge in [-0.25, -0.2) is 5.90 Å². The molecule has 0 saturated heterocycles. The third-order valence-electron chi connectivity index (χ3n) is 0.943. The molecule has 0 bridgehead atoms. The average molecular weight is 135 g/mol. The Labute approximate surface area is 59.5 Å². The lowest BCUT2D eigenvalue weighted by atomic mass is 10.0. The fourth-order valence-electron chi connectivity index (χ4n) is 0.943. The van der Waals surface area contributed by atoms with E-state index >= 15 is 0 Å². The van der Waals surface area contributed by atoms with Crippen LogP contribution in [0.4, 0.5) is 0 Å². The molecule has 0 fully saturated rings. The van der Waals surface area contributed by atoms with Gasteiger partial charge in [0.1, 0.15) is 0 Å². The van der Waals surface area contributed by atoms with Crippen LogP contribution in [-0.2, 0) is 0 Å². The van der Waals surface area contributed by atoms with E-state index in [1.54, 1.807) is 0 Å². The molecule has 0 aromatic rings. The molecule has 0 unspecified atom stereocenters. The van der Waals surface area contributed by atoms with Gasteiger partial charge in [0.05, 0.1) is 0 Å². The van der Waals surface area contributed by atoms with Gasteiger partial charge in [-0.2, -0.15) is 0 Å². The lowest BCUT2D eigenvalue weighted by Gasteiger charge is -2.05. The predicted octanol–water partition coefficient (Wildman–Crippen LogP) is 2.27. The van der Waals surface area contributed by atoms with Crippen LogP contribution >= 0.6 is 0 Å². The van der Waals surface area contributed by atoms with Crippen molar-refractivity contribution in [1.82, 2.24) is 0 Å². The summed E-state index contributed by atoms with van der Waals surface area (Å²) in [6.45, 7) is 9.06. The summed E-state index contributed by atoms with van der Waals surface area (Å²) in [5.41, 5.74) is 0. The first kappa shape index (κ1) is 11.7. The summed E-state index contributed by atoms with van der Waals surface area (Å²) in [5.74, 6) is 5.25. The quantitative estimate of drug-likeness (QED) is 0.570. The van der Waals surface area contributed by atoms with Gasteiger partial charge in [0, 0.05) is 1.43 Å². The zero-order valence-corrected chi connectivity index (χ0v) is 6.89. The third kappa shape index (κ3) is 18.1. The van der Waals surface area contributed by atoms with Crippen LogP contribution < -0.4 is 5.90 Å². The number of nitrogens with two attached hydrogens (primary N) is 1. The lowest BCUT2D eigenvalue weighted by molar-refractivity contribution is 0.311. The molecule has 0 aliphatic rings. The molecule has 2 nitrogen and oxygen atoms in total. The second-order valence-corrected chi connectivity index (χ2v) is 3.02. The maximum Gasteiger partial charge on any atom is 0 e. The first-order valence-corrected chi connectivity index (χ1v) is 3.38. The molecule has 60 valence electrons. The summed E-state index contributed by atoms with van der Waals surface area (Å²) in [6.07, 6.45) is 1.36. The first-order chi connectivity index (χ1) is 4.13. The molecule has 0 rings (SSSR count). The zero-order valence-electron chi connectivity index (χ0n) is 6.89. The topological polar surface area (TPSA) is 46.2 Å². The second-order valence-electron chi connectivity index (χ2n) is 3.02. The lowest BCUT2D eigenvalue weighted by Crippen LogP contribution is -1.93. The van der Waals surface area contributed by atoms with Gasteiger partial charge < -0.3 is 5.21 Å². The van der Waals surface area contributed by atoms with Crippen molar-refractivity contribution in [3.05, 3.63) is 0 Å². The summed E-state index contributed by atoms with van der Waals surface area (Å²) >= 11 is 0. The largest absolute Gasteiger partial charge is 0.320 e. The van der Waals surface area contributed by atoms with Gasteiger partial charge in [-0.15, -0.1) is 0 Å². The molecule has 0 aromatic carbocycles. The van der Waals surface area contributed by atoms with E-state index in [1.807, 2.05) is 0 Å². The van der Waals surface area contributed by atoms with Gasteiger partial charge in [0.2, 0.25) is 0 Å². The SMILES string of the molecule is CC(C)CC(C)C.NO.[HH]. The molecule has 0 atom stereocenters. The minimum atomic E-state index is 0. The molecule has 0 radical (unpaired) electrons. The summed E-state index contributed by atoms with van der Waals surface area (Å²) in [7, 11) is 0. The van der Waals surface area contributed by atoms with Crippen LogP contribution in [0.1, 0.15) is 35.5 Å². The molecule has 3 N–H and O–H groups in total. The van der Waals surface area contributed by atoms with Gasteiger partial charge in [-0.3, -0.25) is 0 Å². The molecule has 0 saturated carbocycles. The number of rotatable bonds is 2. The number of hydrogen-bond acceptors (Lipinski definition) is 2. The summed E-state index contributed by atoms with van der Waals surface area (Å²) in [6, 6.07) is 0. The van der Waals surface area contributed by atoms with Crippen LogP contribution in [0.5, 0.6) is 0 Å². The zero-order chi connectivity index (χ0) is 7.86. The molecule has 0 spiro atoms. The summed E-state index contributed by atoms with van der Waals surface area (Å²) in [4.78, 5) is 0. The van der Waals surface area contributed by atoms with E-state index in [-0.39, 0.29) is 1.43 Å². The standard InChI is InChI=1S/C7H16.H3NO.H2/c1-6(2)5-7(3)4;1-2;/h6-7H,5H2,1-4H3;2H,1H2;1H. The molecule has 0 amide bonds. The smallest absolute Gasteiger partial charge is 0 e. The van der Waals surface area contributed by atoms with Gasteiger partial charge in [0.15, 0.2) is 0 Å². The highest BCUT2D eigenvalue weighted by molar-refractivity contribution is 4.47. The molecule has 2 heteroatoms. The molecule has 0 heterocycles. The first-order valence-electron chi connectivity index (χ1n) is 3.38. The van der Waals surface area contributed by atoms with Crippen molar-refractivity contribution in [1.29, 1.82) is 0 Å². The van der Waals surface area contributed by atoms with Crippen molar-refractivity contribution in [2.45, 2.75) is 34.1 Å². The normalized spacial score (nSPS) is 9.33.